The maximum atomic E-state index is 12.9. The molecule has 1 saturated heterocycles. The molecule has 3 heterocycles. The molecule has 0 radical (unpaired) electrons. The van der Waals surface area contributed by atoms with Gasteiger partial charge in [-0.05, 0) is 37.6 Å². The molecule has 4 rings (SSSR count). The summed E-state index contributed by atoms with van der Waals surface area (Å²) in [4.78, 5) is 30.1. The van der Waals surface area contributed by atoms with Crippen LogP contribution in [0.2, 0.25) is 0 Å². The molecule has 1 aromatic carbocycles. The fourth-order valence-electron chi connectivity index (χ4n) is 3.94. The van der Waals surface area contributed by atoms with Crippen molar-refractivity contribution in [2.24, 2.45) is 7.05 Å². The first-order valence-electron chi connectivity index (χ1n) is 10.8. The van der Waals surface area contributed by atoms with Gasteiger partial charge >= 0.3 is 5.69 Å². The van der Waals surface area contributed by atoms with Crippen LogP contribution in [0.5, 0.6) is 11.5 Å². The van der Waals surface area contributed by atoms with E-state index in [-0.39, 0.29) is 17.4 Å². The first kappa shape index (κ1) is 21.9. The average molecular weight is 441 g/mol. The molecular formula is C23H28N4O5. The molecule has 2 aromatic heterocycles. The number of benzene rings is 1. The number of ether oxygens (including phenoxy) is 3. The number of imidazole rings is 1. The molecule has 0 amide bonds. The quantitative estimate of drug-likeness (QED) is 0.560. The second-order valence-corrected chi connectivity index (χ2v) is 7.62. The molecule has 9 nitrogen and oxygen atoms in total. The van der Waals surface area contributed by atoms with Crippen LogP contribution in [0.3, 0.4) is 0 Å². The van der Waals surface area contributed by atoms with Crippen LogP contribution in [0.1, 0.15) is 31.7 Å². The standard InChI is InChI=1S/C23H28N4O5/c1-5-26-21-20(22(28)27(6-2)23(26)29)25(3)19(24-21)10-8-15-7-9-17(30-4)18(13-15)32-16-11-12-31-14-16/h7-10,13,16H,5-6,11-12,14H2,1-4H3/b10-8+. The lowest BCUT2D eigenvalue weighted by Gasteiger charge is -2.15. The highest BCUT2D eigenvalue weighted by Crippen LogP contribution is 2.31. The van der Waals surface area contributed by atoms with E-state index < -0.39 is 0 Å². The summed E-state index contributed by atoms with van der Waals surface area (Å²) in [5.74, 6) is 1.89. The van der Waals surface area contributed by atoms with E-state index in [0.717, 1.165) is 12.0 Å². The van der Waals surface area contributed by atoms with Crippen molar-refractivity contribution in [2.45, 2.75) is 39.5 Å². The lowest BCUT2D eigenvalue weighted by molar-refractivity contribution is 0.138. The SMILES string of the molecule is CCn1c(=O)c2c(nc(/C=C/c3ccc(OC)c(OC4CCOC4)c3)n2C)n(CC)c1=O. The Bertz CT molecular complexity index is 1280. The van der Waals surface area contributed by atoms with Gasteiger partial charge in [-0.2, -0.15) is 0 Å². The smallest absolute Gasteiger partial charge is 0.332 e. The Hall–Kier alpha value is -3.33. The summed E-state index contributed by atoms with van der Waals surface area (Å²) in [6.45, 7) is 5.65. The molecule has 1 aliphatic heterocycles. The number of methoxy groups -OCH3 is 1. The predicted molar refractivity (Wildman–Crippen MR) is 122 cm³/mol. The van der Waals surface area contributed by atoms with Gasteiger partial charge in [0, 0.05) is 26.6 Å². The van der Waals surface area contributed by atoms with Crippen LogP contribution in [0.4, 0.5) is 0 Å². The van der Waals surface area contributed by atoms with Gasteiger partial charge in [-0.3, -0.25) is 13.9 Å². The normalized spacial score (nSPS) is 16.3. The third-order valence-electron chi connectivity index (χ3n) is 5.70. The topological polar surface area (TPSA) is 89.5 Å². The molecule has 32 heavy (non-hydrogen) atoms. The number of hydrogen-bond donors (Lipinski definition) is 0. The van der Waals surface area contributed by atoms with Crippen molar-refractivity contribution in [3.63, 3.8) is 0 Å². The van der Waals surface area contributed by atoms with Gasteiger partial charge in [0.25, 0.3) is 5.56 Å². The molecule has 9 heteroatoms. The molecule has 0 N–H and O–H groups in total. The van der Waals surface area contributed by atoms with E-state index in [1.54, 1.807) is 25.6 Å². The fraction of sp³-hybridized carbons (Fsp3) is 0.435. The number of aromatic nitrogens is 4. The van der Waals surface area contributed by atoms with E-state index in [2.05, 4.69) is 4.98 Å². The van der Waals surface area contributed by atoms with Crippen molar-refractivity contribution < 1.29 is 14.2 Å². The van der Waals surface area contributed by atoms with Crippen LogP contribution in [-0.2, 0) is 24.9 Å². The van der Waals surface area contributed by atoms with Gasteiger partial charge in [0.2, 0.25) is 0 Å². The summed E-state index contributed by atoms with van der Waals surface area (Å²) in [5.41, 5.74) is 1.03. The van der Waals surface area contributed by atoms with Crippen molar-refractivity contribution in [1.82, 2.24) is 18.7 Å². The maximum absolute atomic E-state index is 12.9. The van der Waals surface area contributed by atoms with Gasteiger partial charge < -0.3 is 18.8 Å². The largest absolute Gasteiger partial charge is 0.493 e. The van der Waals surface area contributed by atoms with Crippen molar-refractivity contribution in [2.75, 3.05) is 20.3 Å². The zero-order valence-electron chi connectivity index (χ0n) is 18.8. The highest BCUT2D eigenvalue weighted by Gasteiger charge is 2.20. The zero-order valence-corrected chi connectivity index (χ0v) is 18.8. The molecule has 0 saturated carbocycles. The summed E-state index contributed by atoms with van der Waals surface area (Å²) in [5, 5.41) is 0. The Morgan fingerprint density at radius 3 is 2.59 bits per heavy atom. The van der Waals surface area contributed by atoms with Gasteiger partial charge in [-0.15, -0.1) is 0 Å². The van der Waals surface area contributed by atoms with Crippen molar-refractivity contribution in [1.29, 1.82) is 0 Å². The Balaban J connectivity index is 1.73. The Kier molecular flexibility index (Phi) is 6.18. The van der Waals surface area contributed by atoms with Crippen LogP contribution in [0.15, 0.2) is 27.8 Å². The molecule has 0 spiro atoms. The highest BCUT2D eigenvalue weighted by atomic mass is 16.6. The third kappa shape index (κ3) is 3.84. The zero-order chi connectivity index (χ0) is 22.8. The minimum atomic E-state index is -0.339. The van der Waals surface area contributed by atoms with Gasteiger partial charge in [0.15, 0.2) is 22.7 Å². The second kappa shape index (κ2) is 9.04. The van der Waals surface area contributed by atoms with E-state index >= 15 is 0 Å². The first-order chi connectivity index (χ1) is 15.5. The molecule has 1 unspecified atom stereocenters. The van der Waals surface area contributed by atoms with Crippen molar-refractivity contribution >= 4 is 23.3 Å². The number of rotatable bonds is 7. The molecule has 1 aliphatic rings. The molecule has 1 fully saturated rings. The molecule has 0 bridgehead atoms. The lowest BCUT2D eigenvalue weighted by Crippen LogP contribution is -2.39. The van der Waals surface area contributed by atoms with Crippen LogP contribution >= 0.6 is 0 Å². The van der Waals surface area contributed by atoms with Crippen LogP contribution in [-0.4, -0.2) is 45.1 Å². The predicted octanol–water partition coefficient (Wildman–Crippen LogP) is 2.28. The molecule has 1 atom stereocenters. The Labute approximate surface area is 185 Å². The van der Waals surface area contributed by atoms with E-state index in [4.69, 9.17) is 14.2 Å². The number of aryl methyl sites for hydroxylation is 2. The Morgan fingerprint density at radius 2 is 1.94 bits per heavy atom. The van der Waals surface area contributed by atoms with Gasteiger partial charge in [0.05, 0.1) is 20.3 Å². The van der Waals surface area contributed by atoms with E-state index in [1.807, 2.05) is 37.3 Å². The number of nitrogens with zero attached hydrogens (tertiary/aromatic N) is 4. The first-order valence-corrected chi connectivity index (χ1v) is 10.8. The lowest BCUT2D eigenvalue weighted by atomic mass is 10.2. The fourth-order valence-corrected chi connectivity index (χ4v) is 3.94. The summed E-state index contributed by atoms with van der Waals surface area (Å²) < 4.78 is 21.4. The average Bonchev–Trinajstić information content (AvgIpc) is 3.41. The van der Waals surface area contributed by atoms with Gasteiger partial charge in [-0.1, -0.05) is 12.1 Å². The molecule has 0 aliphatic carbocycles. The van der Waals surface area contributed by atoms with Gasteiger partial charge in [0.1, 0.15) is 11.9 Å². The van der Waals surface area contributed by atoms with Gasteiger partial charge in [-0.25, -0.2) is 9.78 Å². The molecular weight excluding hydrogens is 412 g/mol. The van der Waals surface area contributed by atoms with Crippen molar-refractivity contribution in [3.05, 3.63) is 50.4 Å². The molecule has 3 aromatic rings. The Morgan fingerprint density at radius 1 is 1.16 bits per heavy atom. The summed E-state index contributed by atoms with van der Waals surface area (Å²) in [6.07, 6.45) is 4.57. The van der Waals surface area contributed by atoms with Crippen molar-refractivity contribution in [3.8, 4) is 11.5 Å². The summed E-state index contributed by atoms with van der Waals surface area (Å²) in [6, 6.07) is 5.68. The van der Waals surface area contributed by atoms with E-state index in [9.17, 15) is 9.59 Å². The highest BCUT2D eigenvalue weighted by molar-refractivity contribution is 5.77. The van der Waals surface area contributed by atoms with E-state index in [1.165, 1.54) is 9.13 Å². The number of fused-ring (bicyclic) bond motifs is 1. The monoisotopic (exact) mass is 440 g/mol. The third-order valence-corrected chi connectivity index (χ3v) is 5.70. The van der Waals surface area contributed by atoms with E-state index in [0.29, 0.717) is 54.8 Å². The van der Waals surface area contributed by atoms with Crippen LogP contribution < -0.4 is 20.7 Å². The minimum absolute atomic E-state index is 0.00878. The summed E-state index contributed by atoms with van der Waals surface area (Å²) >= 11 is 0. The maximum Gasteiger partial charge on any atom is 0.332 e. The second-order valence-electron chi connectivity index (χ2n) is 7.62. The minimum Gasteiger partial charge on any atom is -0.493 e. The molecule has 170 valence electrons. The number of hydrogen-bond acceptors (Lipinski definition) is 6. The summed E-state index contributed by atoms with van der Waals surface area (Å²) in [7, 11) is 3.39. The van der Waals surface area contributed by atoms with Crippen LogP contribution in [0, 0.1) is 0 Å². The van der Waals surface area contributed by atoms with Crippen LogP contribution in [0.25, 0.3) is 23.3 Å².